The van der Waals surface area contributed by atoms with E-state index >= 15 is 0 Å². The standard InChI is InChI=1S/C34H45NO6/c1-21-30-27-18-24(16-22-10-5-3-6-11-22)17-26(28(37)19-23-12-7-4-8-13-23)35(27)15-9-14-29(30)40-31(21)33-32(39-2)25(20-36)34(38)41-33/h3,5-6,10-11,14,21,23-24,26-28,30,36-37H,4,7-9,12-13,15-20H2,1-2H3/t21-,24-,26+,27-,28+,30+/m1/s1. The first-order chi connectivity index (χ1) is 20.0. The highest BCUT2D eigenvalue weighted by molar-refractivity contribution is 5.94. The highest BCUT2D eigenvalue weighted by atomic mass is 16.6. The lowest BCUT2D eigenvalue weighted by Crippen LogP contribution is -2.57. The molecule has 3 fully saturated rings. The molecule has 4 heterocycles. The molecule has 0 unspecified atom stereocenters. The second-order valence-corrected chi connectivity index (χ2v) is 12.8. The summed E-state index contributed by atoms with van der Waals surface area (Å²) < 4.78 is 17.6. The molecule has 0 aromatic heterocycles. The Morgan fingerprint density at radius 2 is 1.85 bits per heavy atom. The summed E-state index contributed by atoms with van der Waals surface area (Å²) in [6.07, 6.45) is 13.0. The molecule has 0 radical (unpaired) electrons. The lowest BCUT2D eigenvalue weighted by molar-refractivity contribution is -0.133. The van der Waals surface area contributed by atoms with E-state index in [2.05, 4.69) is 48.2 Å². The molecule has 1 aromatic carbocycles. The number of hydrogen-bond donors (Lipinski definition) is 2. The molecule has 5 aliphatic rings. The maximum absolute atomic E-state index is 12.5. The number of aliphatic hydroxyl groups is 2. The molecule has 0 amide bonds. The molecule has 7 nitrogen and oxygen atoms in total. The van der Waals surface area contributed by atoms with Gasteiger partial charge in [-0.2, -0.15) is 0 Å². The van der Waals surface area contributed by atoms with Gasteiger partial charge in [-0.05, 0) is 55.6 Å². The minimum Gasteiger partial charge on any atom is -0.492 e. The summed E-state index contributed by atoms with van der Waals surface area (Å²) in [5, 5.41) is 21.6. The van der Waals surface area contributed by atoms with Crippen LogP contribution in [0.4, 0.5) is 0 Å². The Kier molecular flexibility index (Phi) is 8.57. The number of carbonyl (C=O) groups excluding carboxylic acids is 1. The molecule has 6 rings (SSSR count). The normalized spacial score (nSPS) is 33.4. The van der Waals surface area contributed by atoms with Gasteiger partial charge in [-0.3, -0.25) is 4.90 Å². The lowest BCUT2D eigenvalue weighted by Gasteiger charge is -2.49. The number of allylic oxidation sites excluding steroid dienone is 1. The van der Waals surface area contributed by atoms with Crippen LogP contribution in [0.25, 0.3) is 0 Å². The number of aliphatic hydroxyl groups excluding tert-OH is 2. The Hall–Kier alpha value is -2.61. The molecule has 222 valence electrons. The molecule has 41 heavy (non-hydrogen) atoms. The first-order valence-corrected chi connectivity index (χ1v) is 15.7. The van der Waals surface area contributed by atoms with E-state index in [0.717, 1.165) is 44.4 Å². The Morgan fingerprint density at radius 1 is 1.07 bits per heavy atom. The van der Waals surface area contributed by atoms with Gasteiger partial charge in [0.15, 0.2) is 11.5 Å². The van der Waals surface area contributed by atoms with Crippen LogP contribution in [0.5, 0.6) is 0 Å². The first kappa shape index (κ1) is 28.5. The van der Waals surface area contributed by atoms with Crippen LogP contribution in [-0.2, 0) is 25.4 Å². The summed E-state index contributed by atoms with van der Waals surface area (Å²) in [4.78, 5) is 15.1. The van der Waals surface area contributed by atoms with Crippen molar-refractivity contribution < 1.29 is 29.2 Å². The van der Waals surface area contributed by atoms with Gasteiger partial charge in [0.1, 0.15) is 11.3 Å². The fraction of sp³-hybridized carbons (Fsp3) is 0.618. The minimum absolute atomic E-state index is 0.0514. The minimum atomic E-state index is -0.586. The molecule has 2 N–H and O–H groups in total. The van der Waals surface area contributed by atoms with E-state index in [9.17, 15) is 15.0 Å². The molecule has 6 atom stereocenters. The molecular formula is C34H45NO6. The predicted octanol–water partition coefficient (Wildman–Crippen LogP) is 5.24. The van der Waals surface area contributed by atoms with Crippen LogP contribution in [-0.4, -0.2) is 59.5 Å². The van der Waals surface area contributed by atoms with Gasteiger partial charge < -0.3 is 24.4 Å². The van der Waals surface area contributed by atoms with E-state index in [0.29, 0.717) is 23.4 Å². The van der Waals surface area contributed by atoms with Crippen LogP contribution in [0, 0.1) is 23.7 Å². The molecule has 1 aliphatic carbocycles. The molecule has 0 spiro atoms. The van der Waals surface area contributed by atoms with Gasteiger partial charge in [-0.15, -0.1) is 0 Å². The van der Waals surface area contributed by atoms with Crippen LogP contribution in [0.15, 0.2) is 65.0 Å². The van der Waals surface area contributed by atoms with Crippen molar-refractivity contribution in [2.24, 2.45) is 23.7 Å². The predicted molar refractivity (Wildman–Crippen MR) is 155 cm³/mol. The summed E-state index contributed by atoms with van der Waals surface area (Å²) in [6.45, 7) is 2.60. The second kappa shape index (κ2) is 12.3. The maximum atomic E-state index is 12.5. The third kappa shape index (κ3) is 5.61. The van der Waals surface area contributed by atoms with E-state index in [1.807, 2.05) is 0 Å². The van der Waals surface area contributed by atoms with Gasteiger partial charge in [0.05, 0.1) is 19.8 Å². The summed E-state index contributed by atoms with van der Waals surface area (Å²) in [5.74, 6) is 2.60. The van der Waals surface area contributed by atoms with Crippen molar-refractivity contribution in [3.63, 3.8) is 0 Å². The van der Waals surface area contributed by atoms with Crippen molar-refractivity contribution in [1.82, 2.24) is 4.90 Å². The number of cyclic esters (lactones) is 1. The second-order valence-electron chi connectivity index (χ2n) is 12.8. The zero-order valence-electron chi connectivity index (χ0n) is 24.5. The Balaban J connectivity index is 1.32. The number of esters is 1. The number of carbonyl (C=O) groups is 1. The molecule has 7 heteroatoms. The highest BCUT2D eigenvalue weighted by Gasteiger charge is 2.51. The van der Waals surface area contributed by atoms with Gasteiger partial charge in [0.25, 0.3) is 0 Å². The lowest BCUT2D eigenvalue weighted by atomic mass is 9.73. The highest BCUT2D eigenvalue weighted by Crippen LogP contribution is 2.50. The Morgan fingerprint density at radius 3 is 2.59 bits per heavy atom. The molecular weight excluding hydrogens is 518 g/mol. The smallest absolute Gasteiger partial charge is 0.345 e. The number of fused-ring (bicyclic) bond motifs is 3. The Bertz CT molecular complexity index is 1200. The van der Waals surface area contributed by atoms with E-state index in [4.69, 9.17) is 14.2 Å². The summed E-state index contributed by atoms with van der Waals surface area (Å²) in [6, 6.07) is 11.0. The van der Waals surface area contributed by atoms with Crippen LogP contribution in [0.2, 0.25) is 0 Å². The summed E-state index contributed by atoms with van der Waals surface area (Å²) in [7, 11) is 1.49. The van der Waals surface area contributed by atoms with Crippen molar-refractivity contribution in [3.05, 3.63) is 70.6 Å². The van der Waals surface area contributed by atoms with E-state index in [-0.39, 0.29) is 41.4 Å². The maximum Gasteiger partial charge on any atom is 0.345 e. The average Bonchev–Trinajstić information content (AvgIpc) is 3.41. The number of methoxy groups -OCH3 is 1. The molecule has 1 aromatic rings. The quantitative estimate of drug-likeness (QED) is 0.439. The molecule has 2 saturated heterocycles. The van der Waals surface area contributed by atoms with Crippen molar-refractivity contribution in [1.29, 1.82) is 0 Å². The molecule has 0 bridgehead atoms. The zero-order valence-corrected chi connectivity index (χ0v) is 24.5. The van der Waals surface area contributed by atoms with Crippen LogP contribution < -0.4 is 0 Å². The van der Waals surface area contributed by atoms with Crippen molar-refractivity contribution in [2.45, 2.75) is 89.3 Å². The van der Waals surface area contributed by atoms with Gasteiger partial charge in [-0.1, -0.05) is 69.4 Å². The monoisotopic (exact) mass is 563 g/mol. The summed E-state index contributed by atoms with van der Waals surface area (Å²) in [5.41, 5.74) is 1.47. The number of benzene rings is 1. The first-order valence-electron chi connectivity index (χ1n) is 15.7. The van der Waals surface area contributed by atoms with Crippen molar-refractivity contribution >= 4 is 5.97 Å². The van der Waals surface area contributed by atoms with Gasteiger partial charge in [-0.25, -0.2) is 4.79 Å². The SMILES string of the molecule is COC1=C(CO)C(=O)OC1=C1OC2=CCCN3[C@H](C[C@H](Cc4ccccc4)C[C@H]3[C@@H](O)CC3CCCCC3)[C@@H]2[C@H]1C. The fourth-order valence-corrected chi connectivity index (χ4v) is 8.35. The van der Waals surface area contributed by atoms with Gasteiger partial charge in [0, 0.05) is 30.5 Å². The van der Waals surface area contributed by atoms with Gasteiger partial charge in [0.2, 0.25) is 5.76 Å². The van der Waals surface area contributed by atoms with Gasteiger partial charge >= 0.3 is 5.97 Å². The molecule has 1 saturated carbocycles. The van der Waals surface area contributed by atoms with E-state index < -0.39 is 12.6 Å². The fourth-order valence-electron chi connectivity index (χ4n) is 8.35. The number of rotatable bonds is 7. The number of ether oxygens (including phenoxy) is 3. The van der Waals surface area contributed by atoms with Crippen LogP contribution in [0.1, 0.15) is 70.3 Å². The zero-order chi connectivity index (χ0) is 28.5. The third-order valence-electron chi connectivity index (χ3n) is 10.3. The van der Waals surface area contributed by atoms with Crippen LogP contribution >= 0.6 is 0 Å². The number of hydrogen-bond acceptors (Lipinski definition) is 7. The number of piperidine rings is 1. The van der Waals surface area contributed by atoms with E-state index in [1.54, 1.807) is 0 Å². The van der Waals surface area contributed by atoms with E-state index in [1.165, 1.54) is 44.8 Å². The van der Waals surface area contributed by atoms with Crippen molar-refractivity contribution in [3.8, 4) is 0 Å². The number of nitrogens with zero attached hydrogens (tertiary/aromatic N) is 1. The average molecular weight is 564 g/mol. The third-order valence-corrected chi connectivity index (χ3v) is 10.3. The largest absolute Gasteiger partial charge is 0.492 e. The summed E-state index contributed by atoms with van der Waals surface area (Å²) >= 11 is 0. The molecule has 4 aliphatic heterocycles. The topological polar surface area (TPSA) is 88.5 Å². The van der Waals surface area contributed by atoms with Crippen LogP contribution in [0.3, 0.4) is 0 Å². The van der Waals surface area contributed by atoms with Crippen molar-refractivity contribution in [2.75, 3.05) is 20.3 Å². The Labute approximate surface area is 243 Å².